The Kier molecular flexibility index (Phi) is 6.90. The summed E-state index contributed by atoms with van der Waals surface area (Å²) in [6.45, 7) is 3.55. The van der Waals surface area contributed by atoms with Crippen LogP contribution in [0, 0.1) is 0 Å². The molecule has 0 saturated heterocycles. The maximum Gasteiger partial charge on any atom is 0.247 e. The minimum absolute atomic E-state index is 0.236. The van der Waals surface area contributed by atoms with Crippen LogP contribution < -0.4 is 19.1 Å². The number of hydrogen-bond acceptors (Lipinski definition) is 8. The molecule has 1 aliphatic heterocycles. The molecule has 0 N–H and O–H groups in total. The lowest BCUT2D eigenvalue weighted by molar-refractivity contribution is -0.118. The molecule has 172 valence electrons. The van der Waals surface area contributed by atoms with Crippen molar-refractivity contribution >= 4 is 35.0 Å². The topological polar surface area (TPSA) is 86.7 Å². The molecule has 2 heterocycles. The summed E-state index contributed by atoms with van der Waals surface area (Å²) in [5.41, 5.74) is 2.28. The van der Waals surface area contributed by atoms with Gasteiger partial charge >= 0.3 is 0 Å². The molecule has 0 unspecified atom stereocenters. The Labute approximate surface area is 201 Å². The summed E-state index contributed by atoms with van der Waals surface area (Å²) in [6.07, 6.45) is 0.0505. The van der Waals surface area contributed by atoms with Gasteiger partial charge in [-0.2, -0.15) is 4.98 Å². The number of carbonyl (C=O) groups is 1. The van der Waals surface area contributed by atoms with E-state index < -0.39 is 6.23 Å². The maximum absolute atomic E-state index is 12.9. The van der Waals surface area contributed by atoms with Gasteiger partial charge in [-0.3, -0.25) is 9.69 Å². The van der Waals surface area contributed by atoms with E-state index in [4.69, 9.17) is 25.8 Å². The number of methoxy groups -OCH3 is 2. The third kappa shape index (κ3) is 4.43. The monoisotopic (exact) mass is 486 g/mol. The Morgan fingerprint density at radius 1 is 1.18 bits per heavy atom. The molecule has 0 saturated carbocycles. The molecule has 3 aromatic rings. The normalized spacial score (nSPS) is 14.6. The molecule has 8 nitrogen and oxygen atoms in total. The SMILES string of the molecule is CCCSc1nnc2c(n1)O[C@H](c1cc(OC)c(OC)cc1Cl)N(C(C)=O)c1ccccc1-2. The summed E-state index contributed by atoms with van der Waals surface area (Å²) in [6, 6.07) is 10.7. The minimum Gasteiger partial charge on any atom is -0.493 e. The van der Waals surface area contributed by atoms with Gasteiger partial charge in [0.15, 0.2) is 17.2 Å². The van der Waals surface area contributed by atoms with Crippen LogP contribution in [0.25, 0.3) is 11.3 Å². The van der Waals surface area contributed by atoms with Gasteiger partial charge in [-0.15, -0.1) is 10.2 Å². The van der Waals surface area contributed by atoms with Crippen LogP contribution in [0.3, 0.4) is 0 Å². The van der Waals surface area contributed by atoms with Crippen LogP contribution in [0.1, 0.15) is 32.1 Å². The van der Waals surface area contributed by atoms with Gasteiger partial charge in [-0.05, 0) is 18.6 Å². The number of aromatic nitrogens is 3. The van der Waals surface area contributed by atoms with E-state index in [9.17, 15) is 4.79 Å². The van der Waals surface area contributed by atoms with Gasteiger partial charge in [0.05, 0.1) is 24.9 Å². The fourth-order valence-electron chi connectivity index (χ4n) is 3.57. The molecule has 0 fully saturated rings. The average molecular weight is 487 g/mol. The maximum atomic E-state index is 12.9. The lowest BCUT2D eigenvalue weighted by Crippen LogP contribution is -2.36. The van der Waals surface area contributed by atoms with Crippen molar-refractivity contribution in [3.05, 3.63) is 47.0 Å². The highest BCUT2D eigenvalue weighted by Crippen LogP contribution is 2.46. The average Bonchev–Trinajstić information content (AvgIpc) is 2.96. The van der Waals surface area contributed by atoms with E-state index in [1.165, 1.54) is 37.8 Å². The minimum atomic E-state index is -0.919. The number of rotatable bonds is 6. The fraction of sp³-hybridized carbons (Fsp3) is 0.304. The van der Waals surface area contributed by atoms with Crippen molar-refractivity contribution in [3.8, 4) is 28.6 Å². The van der Waals surface area contributed by atoms with Crippen LogP contribution in [0.15, 0.2) is 41.6 Å². The van der Waals surface area contributed by atoms with E-state index in [2.05, 4.69) is 22.1 Å². The largest absolute Gasteiger partial charge is 0.493 e. The number of benzene rings is 2. The second-order valence-corrected chi connectivity index (χ2v) is 8.67. The van der Waals surface area contributed by atoms with Crippen LogP contribution in [-0.2, 0) is 4.79 Å². The number of thioether (sulfide) groups is 1. The zero-order chi connectivity index (χ0) is 23.5. The first-order valence-electron chi connectivity index (χ1n) is 10.3. The number of nitrogens with zero attached hydrogens (tertiary/aromatic N) is 4. The third-order valence-corrected chi connectivity index (χ3v) is 6.43. The summed E-state index contributed by atoms with van der Waals surface area (Å²) < 4.78 is 17.2. The lowest BCUT2D eigenvalue weighted by Gasteiger charge is -2.30. The molecule has 1 aliphatic rings. The zero-order valence-electron chi connectivity index (χ0n) is 18.7. The molecule has 1 atom stereocenters. The zero-order valence-corrected chi connectivity index (χ0v) is 20.2. The van der Waals surface area contributed by atoms with Crippen molar-refractivity contribution in [2.24, 2.45) is 0 Å². The van der Waals surface area contributed by atoms with Gasteiger partial charge < -0.3 is 14.2 Å². The second kappa shape index (κ2) is 9.84. The molecule has 0 radical (unpaired) electrons. The Hall–Kier alpha value is -3.04. The molecule has 1 amide bonds. The quantitative estimate of drug-likeness (QED) is 0.442. The first-order valence-corrected chi connectivity index (χ1v) is 11.7. The summed E-state index contributed by atoms with van der Waals surface area (Å²) in [5, 5.41) is 9.52. The molecular formula is C23H23ClN4O4S. The fourth-order valence-corrected chi connectivity index (χ4v) is 4.45. The number of halogens is 1. The highest BCUT2D eigenvalue weighted by Gasteiger charge is 2.36. The predicted octanol–water partition coefficient (Wildman–Crippen LogP) is 5.16. The highest BCUT2D eigenvalue weighted by molar-refractivity contribution is 7.99. The number of fused-ring (bicyclic) bond motifs is 3. The number of amides is 1. The molecule has 10 heteroatoms. The van der Waals surface area contributed by atoms with Crippen LogP contribution >= 0.6 is 23.4 Å². The van der Waals surface area contributed by atoms with Gasteiger partial charge in [-0.25, -0.2) is 0 Å². The summed E-state index contributed by atoms with van der Waals surface area (Å²) in [7, 11) is 3.06. The van der Waals surface area contributed by atoms with Crippen LogP contribution in [0.2, 0.25) is 5.02 Å². The summed E-state index contributed by atoms with van der Waals surface area (Å²) in [5.74, 6) is 1.82. The van der Waals surface area contributed by atoms with Gasteiger partial charge in [0, 0.05) is 29.9 Å². The van der Waals surface area contributed by atoms with Crippen molar-refractivity contribution in [3.63, 3.8) is 0 Å². The van der Waals surface area contributed by atoms with E-state index in [1.54, 1.807) is 12.1 Å². The Morgan fingerprint density at radius 2 is 1.91 bits per heavy atom. The van der Waals surface area contributed by atoms with Crippen molar-refractivity contribution in [1.29, 1.82) is 0 Å². The molecule has 0 spiro atoms. The van der Waals surface area contributed by atoms with Crippen LogP contribution in [-0.4, -0.2) is 41.1 Å². The van der Waals surface area contributed by atoms with Crippen LogP contribution in [0.4, 0.5) is 5.69 Å². The Morgan fingerprint density at radius 3 is 2.61 bits per heavy atom. The lowest BCUT2D eigenvalue weighted by atomic mass is 10.1. The molecule has 1 aromatic heterocycles. The molecular weight excluding hydrogens is 464 g/mol. The Balaban J connectivity index is 1.94. The molecule has 0 aliphatic carbocycles. The van der Waals surface area contributed by atoms with Gasteiger partial charge in [0.1, 0.15) is 0 Å². The van der Waals surface area contributed by atoms with E-state index in [0.717, 1.165) is 12.2 Å². The number of para-hydroxylation sites is 1. The predicted molar refractivity (Wildman–Crippen MR) is 127 cm³/mol. The van der Waals surface area contributed by atoms with E-state index >= 15 is 0 Å². The van der Waals surface area contributed by atoms with E-state index in [-0.39, 0.29) is 11.8 Å². The number of hydrogen-bond donors (Lipinski definition) is 0. The van der Waals surface area contributed by atoms with Gasteiger partial charge in [-0.1, -0.05) is 48.5 Å². The van der Waals surface area contributed by atoms with E-state index in [1.807, 2.05) is 24.3 Å². The van der Waals surface area contributed by atoms with Crippen LogP contribution in [0.5, 0.6) is 17.4 Å². The number of ether oxygens (including phenoxy) is 3. The molecule has 33 heavy (non-hydrogen) atoms. The van der Waals surface area contributed by atoms with Gasteiger partial charge in [0.2, 0.25) is 23.2 Å². The standard InChI is InChI=1S/C23H23ClN4O4S/c1-5-10-33-23-25-21-20(26-27-23)14-8-6-7-9-17(14)28(13(2)29)22(32-21)15-11-18(30-3)19(31-4)12-16(15)24/h6-9,11-12,22H,5,10H2,1-4H3/t22-/m1/s1. The van der Waals surface area contributed by atoms with E-state index in [0.29, 0.717) is 44.2 Å². The number of carbonyl (C=O) groups excluding carboxylic acids is 1. The summed E-state index contributed by atoms with van der Waals surface area (Å²) in [4.78, 5) is 19.1. The molecule has 4 rings (SSSR count). The van der Waals surface area contributed by atoms with Gasteiger partial charge in [0.25, 0.3) is 0 Å². The first-order chi connectivity index (χ1) is 16.0. The molecule has 2 aromatic carbocycles. The number of anilines is 1. The summed E-state index contributed by atoms with van der Waals surface area (Å²) >= 11 is 8.13. The Bertz CT molecular complexity index is 1190. The second-order valence-electron chi connectivity index (χ2n) is 7.20. The molecule has 0 bridgehead atoms. The van der Waals surface area contributed by atoms with Crippen molar-refractivity contribution in [1.82, 2.24) is 15.2 Å². The van der Waals surface area contributed by atoms with Crippen molar-refractivity contribution < 1.29 is 19.0 Å². The first kappa shape index (κ1) is 23.1. The third-order valence-electron chi connectivity index (χ3n) is 5.06. The smallest absolute Gasteiger partial charge is 0.247 e. The van der Waals surface area contributed by atoms with Crippen molar-refractivity contribution in [2.45, 2.75) is 31.7 Å². The van der Waals surface area contributed by atoms with Crippen molar-refractivity contribution in [2.75, 3.05) is 24.9 Å². The highest BCUT2D eigenvalue weighted by atomic mass is 35.5.